The van der Waals surface area contributed by atoms with Gasteiger partial charge >= 0.3 is 24.6 Å². The second-order valence-corrected chi connectivity index (χ2v) is 8.07. The SMILES string of the molecule is CC(OC(=O)N1CCN(Cc2cc(OC(C)(C)C(=O)O)ccc2OC(F)(F)F)CC1)C(F)(F)F. The third-order valence-corrected chi connectivity index (χ3v) is 4.91. The van der Waals surface area contributed by atoms with Gasteiger partial charge in [-0.05, 0) is 39.0 Å². The standard InChI is InChI=1S/C20H24F6N2O6/c1-12(19(21,22)23)32-17(31)28-8-6-27(7-9-28)11-13-10-14(33-18(2,3)16(29)30)4-5-15(13)34-20(24,25)26/h4-5,10,12H,6-9,11H2,1-3H3,(H,29,30). The van der Waals surface area contributed by atoms with Gasteiger partial charge in [0, 0.05) is 38.3 Å². The predicted octanol–water partition coefficient (Wildman–Crippen LogP) is 4.03. The Kier molecular flexibility index (Phi) is 8.17. The molecule has 192 valence electrons. The lowest BCUT2D eigenvalue weighted by atomic mass is 10.1. The first-order chi connectivity index (χ1) is 15.5. The number of benzene rings is 1. The number of carbonyl (C=O) groups excluding carboxylic acids is 1. The molecule has 1 saturated heterocycles. The van der Waals surface area contributed by atoms with Crippen LogP contribution in [0.4, 0.5) is 31.1 Å². The van der Waals surface area contributed by atoms with Crippen molar-refractivity contribution in [3.8, 4) is 11.5 Å². The number of carboxylic acid groups (broad SMARTS) is 1. The highest BCUT2D eigenvalue weighted by Gasteiger charge is 2.40. The minimum absolute atomic E-state index is 0.000256. The molecule has 34 heavy (non-hydrogen) atoms. The van der Waals surface area contributed by atoms with E-state index in [1.165, 1.54) is 19.9 Å². The zero-order valence-electron chi connectivity index (χ0n) is 18.5. The van der Waals surface area contributed by atoms with E-state index in [-0.39, 0.29) is 44.0 Å². The summed E-state index contributed by atoms with van der Waals surface area (Å²) >= 11 is 0. The van der Waals surface area contributed by atoms with Crippen LogP contribution in [0.25, 0.3) is 0 Å². The topological polar surface area (TPSA) is 88.5 Å². The van der Waals surface area contributed by atoms with Gasteiger partial charge in [0.15, 0.2) is 11.7 Å². The molecule has 1 N–H and O–H groups in total. The molecule has 0 radical (unpaired) electrons. The Labute approximate surface area is 191 Å². The Bertz CT molecular complexity index is 881. The zero-order valence-corrected chi connectivity index (χ0v) is 18.5. The summed E-state index contributed by atoms with van der Waals surface area (Å²) in [6.45, 7) is 3.40. The molecule has 0 aromatic heterocycles. The van der Waals surface area contributed by atoms with E-state index in [4.69, 9.17) is 4.74 Å². The van der Waals surface area contributed by atoms with Crippen molar-refractivity contribution in [2.24, 2.45) is 0 Å². The van der Waals surface area contributed by atoms with Gasteiger partial charge in [-0.3, -0.25) is 4.90 Å². The lowest BCUT2D eigenvalue weighted by Crippen LogP contribution is -2.49. The van der Waals surface area contributed by atoms with Gasteiger partial charge in [-0.15, -0.1) is 13.2 Å². The van der Waals surface area contributed by atoms with Gasteiger partial charge in [0.05, 0.1) is 0 Å². The van der Waals surface area contributed by atoms with E-state index < -0.39 is 42.1 Å². The number of carboxylic acids is 1. The molecule has 1 heterocycles. The molecule has 1 aliphatic rings. The van der Waals surface area contributed by atoms with Gasteiger partial charge in [0.2, 0.25) is 0 Å². The van der Waals surface area contributed by atoms with E-state index in [2.05, 4.69) is 9.47 Å². The Morgan fingerprint density at radius 1 is 1.03 bits per heavy atom. The summed E-state index contributed by atoms with van der Waals surface area (Å²) < 4.78 is 90.0. The Morgan fingerprint density at radius 3 is 2.12 bits per heavy atom. The maximum atomic E-state index is 12.8. The lowest BCUT2D eigenvalue weighted by molar-refractivity contribution is -0.275. The van der Waals surface area contributed by atoms with Crippen LogP contribution in [0.5, 0.6) is 11.5 Å². The molecular weight excluding hydrogens is 478 g/mol. The van der Waals surface area contributed by atoms with Crippen molar-refractivity contribution in [3.63, 3.8) is 0 Å². The Hall–Kier alpha value is -2.90. The first kappa shape index (κ1) is 27.3. The van der Waals surface area contributed by atoms with Gasteiger partial charge in [-0.2, -0.15) is 13.2 Å². The van der Waals surface area contributed by atoms with Crippen molar-refractivity contribution in [1.82, 2.24) is 9.80 Å². The van der Waals surface area contributed by atoms with Crippen molar-refractivity contribution >= 4 is 12.1 Å². The quantitative estimate of drug-likeness (QED) is 0.564. The molecular formula is C20H24F6N2O6. The van der Waals surface area contributed by atoms with Crippen molar-refractivity contribution in [3.05, 3.63) is 23.8 Å². The van der Waals surface area contributed by atoms with E-state index in [1.807, 2.05) is 0 Å². The first-order valence-electron chi connectivity index (χ1n) is 10.0. The highest BCUT2D eigenvalue weighted by atomic mass is 19.4. The van der Waals surface area contributed by atoms with E-state index in [0.29, 0.717) is 6.92 Å². The monoisotopic (exact) mass is 502 g/mol. The fourth-order valence-corrected chi connectivity index (χ4v) is 2.93. The molecule has 1 atom stereocenters. The smallest absolute Gasteiger partial charge is 0.478 e. The molecule has 1 amide bonds. The number of amides is 1. The summed E-state index contributed by atoms with van der Waals surface area (Å²) in [6.07, 6.45) is -13.1. The van der Waals surface area contributed by atoms with Crippen LogP contribution in [0.1, 0.15) is 26.3 Å². The number of nitrogens with zero attached hydrogens (tertiary/aromatic N) is 2. The molecule has 14 heteroatoms. The number of rotatable bonds is 7. The number of halogens is 6. The third kappa shape index (κ3) is 7.85. The summed E-state index contributed by atoms with van der Waals surface area (Å²) in [6, 6.07) is 3.37. The molecule has 2 rings (SSSR count). The molecule has 0 spiro atoms. The number of piperazine rings is 1. The average molecular weight is 502 g/mol. The van der Waals surface area contributed by atoms with E-state index in [0.717, 1.165) is 17.0 Å². The van der Waals surface area contributed by atoms with Crippen LogP contribution in [-0.2, 0) is 16.1 Å². The minimum Gasteiger partial charge on any atom is -0.478 e. The van der Waals surface area contributed by atoms with Gasteiger partial charge in [0.25, 0.3) is 0 Å². The fraction of sp³-hybridized carbons (Fsp3) is 0.600. The molecule has 0 aliphatic carbocycles. The average Bonchev–Trinajstić information content (AvgIpc) is 2.68. The molecule has 1 unspecified atom stereocenters. The molecule has 1 aliphatic heterocycles. The summed E-state index contributed by atoms with van der Waals surface area (Å²) in [5.41, 5.74) is -1.61. The van der Waals surface area contributed by atoms with E-state index in [9.17, 15) is 41.0 Å². The van der Waals surface area contributed by atoms with Crippen LogP contribution in [-0.4, -0.2) is 77.4 Å². The molecule has 8 nitrogen and oxygen atoms in total. The van der Waals surface area contributed by atoms with Crippen LogP contribution in [0.2, 0.25) is 0 Å². The lowest BCUT2D eigenvalue weighted by Gasteiger charge is -2.35. The number of aliphatic carboxylic acids is 1. The number of alkyl halides is 6. The second-order valence-electron chi connectivity index (χ2n) is 8.07. The molecule has 1 aromatic rings. The molecule has 0 saturated carbocycles. The van der Waals surface area contributed by atoms with E-state index in [1.54, 1.807) is 4.90 Å². The number of hydrogen-bond acceptors (Lipinski definition) is 6. The predicted molar refractivity (Wildman–Crippen MR) is 104 cm³/mol. The fourth-order valence-electron chi connectivity index (χ4n) is 2.93. The van der Waals surface area contributed by atoms with Gasteiger partial charge in [-0.25, -0.2) is 9.59 Å². The summed E-state index contributed by atoms with van der Waals surface area (Å²) in [7, 11) is 0. The Morgan fingerprint density at radius 2 is 1.62 bits per heavy atom. The Balaban J connectivity index is 2.10. The van der Waals surface area contributed by atoms with E-state index >= 15 is 0 Å². The number of hydrogen-bond donors (Lipinski definition) is 1. The summed E-state index contributed by atoms with van der Waals surface area (Å²) in [5, 5.41) is 9.20. The summed E-state index contributed by atoms with van der Waals surface area (Å²) in [4.78, 5) is 25.9. The van der Waals surface area contributed by atoms with Crippen molar-refractivity contribution < 1.29 is 55.2 Å². The largest absolute Gasteiger partial charge is 0.573 e. The van der Waals surface area contributed by atoms with Crippen molar-refractivity contribution in [2.45, 2.75) is 51.6 Å². The van der Waals surface area contributed by atoms with Crippen molar-refractivity contribution in [1.29, 1.82) is 0 Å². The highest BCUT2D eigenvalue weighted by molar-refractivity contribution is 5.76. The second kappa shape index (κ2) is 10.2. The highest BCUT2D eigenvalue weighted by Crippen LogP contribution is 2.32. The van der Waals surface area contributed by atoms with Crippen LogP contribution < -0.4 is 9.47 Å². The maximum Gasteiger partial charge on any atom is 0.573 e. The maximum absolute atomic E-state index is 12.8. The van der Waals surface area contributed by atoms with Gasteiger partial charge in [0.1, 0.15) is 11.5 Å². The third-order valence-electron chi connectivity index (χ3n) is 4.91. The summed E-state index contributed by atoms with van der Waals surface area (Å²) in [5.74, 6) is -1.80. The molecule has 0 bridgehead atoms. The zero-order chi connectivity index (χ0) is 25.9. The van der Waals surface area contributed by atoms with Crippen LogP contribution in [0.15, 0.2) is 18.2 Å². The van der Waals surface area contributed by atoms with Crippen LogP contribution in [0.3, 0.4) is 0 Å². The van der Waals surface area contributed by atoms with Crippen LogP contribution >= 0.6 is 0 Å². The molecule has 1 fully saturated rings. The van der Waals surface area contributed by atoms with Gasteiger partial charge in [-0.1, -0.05) is 0 Å². The number of carbonyl (C=O) groups is 2. The first-order valence-corrected chi connectivity index (χ1v) is 10.0. The van der Waals surface area contributed by atoms with Crippen LogP contribution in [0, 0.1) is 0 Å². The minimum atomic E-state index is -4.98. The van der Waals surface area contributed by atoms with Crippen molar-refractivity contribution in [2.75, 3.05) is 26.2 Å². The normalized spacial score (nSPS) is 16.7. The molecule has 1 aromatic carbocycles. The number of ether oxygens (including phenoxy) is 3. The van der Waals surface area contributed by atoms with Gasteiger partial charge < -0.3 is 24.2 Å².